The summed E-state index contributed by atoms with van der Waals surface area (Å²) in [6, 6.07) is 11.9. The first-order valence-electron chi connectivity index (χ1n) is 11.0. The lowest BCUT2D eigenvalue weighted by Crippen LogP contribution is -2.23. The smallest absolute Gasteiger partial charge is 0.307 e. The number of anilines is 2. The van der Waals surface area contributed by atoms with Crippen molar-refractivity contribution in [2.45, 2.75) is 41.5 Å². The number of Topliss-reactive ketones (excluding diaryl/α,β-unsaturated/α-hetero) is 1. The number of aromatic nitrogens is 2. The van der Waals surface area contributed by atoms with E-state index in [1.54, 1.807) is 36.5 Å². The zero-order chi connectivity index (χ0) is 24.8. The first kappa shape index (κ1) is 25.3. The topological polar surface area (TPSA) is 130 Å². The van der Waals surface area contributed by atoms with E-state index in [0.29, 0.717) is 31.3 Å². The predicted molar refractivity (Wildman–Crippen MR) is 138 cm³/mol. The highest BCUT2D eigenvalue weighted by atomic mass is 32.2. The van der Waals surface area contributed by atoms with Crippen molar-refractivity contribution in [3.05, 3.63) is 59.9 Å². The van der Waals surface area contributed by atoms with Gasteiger partial charge in [-0.25, -0.2) is 27.9 Å². The van der Waals surface area contributed by atoms with Crippen molar-refractivity contribution < 1.29 is 18.0 Å². The van der Waals surface area contributed by atoms with Crippen LogP contribution in [0.3, 0.4) is 0 Å². The molecule has 1 aromatic carbocycles. The zero-order valence-electron chi connectivity index (χ0n) is 19.0. The summed E-state index contributed by atoms with van der Waals surface area (Å²) in [5.74, 6) is 0.0480. The fourth-order valence-corrected chi connectivity index (χ4v) is 6.21. The molecular weight excluding hydrogens is 506 g/mol. The Balaban J connectivity index is 1.49. The van der Waals surface area contributed by atoms with E-state index in [4.69, 9.17) is 0 Å². The van der Waals surface area contributed by atoms with Crippen molar-refractivity contribution in [3.8, 4) is 0 Å². The van der Waals surface area contributed by atoms with Crippen molar-refractivity contribution in [2.75, 3.05) is 16.9 Å². The highest BCUT2D eigenvalue weighted by Gasteiger charge is 2.26. The molecule has 0 saturated heterocycles. The van der Waals surface area contributed by atoms with Crippen LogP contribution in [0.25, 0.3) is 0 Å². The van der Waals surface area contributed by atoms with Gasteiger partial charge >= 0.3 is 6.03 Å². The molecule has 12 heteroatoms. The number of hydrogen-bond donors (Lipinski definition) is 3. The fourth-order valence-electron chi connectivity index (χ4n) is 3.75. The van der Waals surface area contributed by atoms with Crippen LogP contribution in [-0.4, -0.2) is 36.5 Å². The van der Waals surface area contributed by atoms with Gasteiger partial charge in [0.25, 0.3) is 0 Å². The van der Waals surface area contributed by atoms with Crippen molar-refractivity contribution in [2.24, 2.45) is 5.92 Å². The van der Waals surface area contributed by atoms with Crippen LogP contribution in [0.1, 0.15) is 41.7 Å². The van der Waals surface area contributed by atoms with E-state index in [-0.39, 0.29) is 18.2 Å². The SMILES string of the molecule is CS(=O)(=O)NCc1nc(NC(=O)Nc2ccccc2C(=O)C2CCCC2)sc1Sc1ccccn1. The van der Waals surface area contributed by atoms with Crippen LogP contribution in [0.15, 0.2) is 57.9 Å². The lowest BCUT2D eigenvalue weighted by molar-refractivity contribution is 0.0923. The molecule has 1 saturated carbocycles. The van der Waals surface area contributed by atoms with Gasteiger partial charge in [0.2, 0.25) is 10.0 Å². The number of urea groups is 1. The van der Waals surface area contributed by atoms with E-state index in [2.05, 4.69) is 25.3 Å². The normalized spacial score (nSPS) is 14.1. The molecule has 9 nitrogen and oxygen atoms in total. The second-order valence-electron chi connectivity index (χ2n) is 8.09. The molecule has 35 heavy (non-hydrogen) atoms. The highest BCUT2D eigenvalue weighted by molar-refractivity contribution is 8.01. The van der Waals surface area contributed by atoms with Gasteiger partial charge < -0.3 is 5.32 Å². The van der Waals surface area contributed by atoms with Crippen LogP contribution < -0.4 is 15.4 Å². The van der Waals surface area contributed by atoms with Gasteiger partial charge in [-0.2, -0.15) is 0 Å². The van der Waals surface area contributed by atoms with Gasteiger partial charge in [0.05, 0.1) is 28.4 Å². The van der Waals surface area contributed by atoms with Crippen molar-refractivity contribution >= 4 is 55.8 Å². The molecule has 184 valence electrons. The molecule has 2 aromatic heterocycles. The number of thiazole rings is 1. The van der Waals surface area contributed by atoms with Gasteiger partial charge in [0.1, 0.15) is 5.03 Å². The number of hydrogen-bond acceptors (Lipinski definition) is 8. The van der Waals surface area contributed by atoms with Crippen LogP contribution in [0.2, 0.25) is 0 Å². The molecule has 0 atom stereocenters. The number of benzene rings is 1. The Labute approximate surface area is 212 Å². The Morgan fingerprint density at radius 2 is 1.83 bits per heavy atom. The minimum Gasteiger partial charge on any atom is -0.307 e. The molecule has 3 aromatic rings. The number of nitrogens with zero attached hydrogens (tertiary/aromatic N) is 2. The number of carbonyl (C=O) groups is 2. The lowest BCUT2D eigenvalue weighted by Gasteiger charge is -2.13. The molecule has 0 unspecified atom stereocenters. The number of rotatable bonds is 9. The molecule has 1 aliphatic rings. The Morgan fingerprint density at radius 3 is 2.54 bits per heavy atom. The number of ketones is 1. The van der Waals surface area contributed by atoms with Crippen molar-refractivity contribution in [3.63, 3.8) is 0 Å². The molecular formula is C23H25N5O4S3. The molecule has 0 spiro atoms. The van der Waals surface area contributed by atoms with Gasteiger partial charge in [0.15, 0.2) is 10.9 Å². The maximum atomic E-state index is 12.9. The van der Waals surface area contributed by atoms with Gasteiger partial charge in [-0.1, -0.05) is 54.1 Å². The molecule has 0 bridgehead atoms. The van der Waals surface area contributed by atoms with Crippen LogP contribution in [0.4, 0.5) is 15.6 Å². The molecule has 2 heterocycles. The summed E-state index contributed by atoms with van der Waals surface area (Å²) in [6.45, 7) is -0.0213. The fraction of sp³-hybridized carbons (Fsp3) is 0.304. The Morgan fingerprint density at radius 1 is 1.09 bits per heavy atom. The Bertz CT molecular complexity index is 1310. The van der Waals surface area contributed by atoms with E-state index >= 15 is 0 Å². The molecule has 4 rings (SSSR count). The maximum Gasteiger partial charge on any atom is 0.325 e. The highest BCUT2D eigenvalue weighted by Crippen LogP contribution is 2.36. The summed E-state index contributed by atoms with van der Waals surface area (Å²) in [7, 11) is -3.43. The third kappa shape index (κ3) is 7.10. The van der Waals surface area contributed by atoms with Crippen LogP contribution in [0, 0.1) is 5.92 Å². The first-order valence-corrected chi connectivity index (χ1v) is 14.6. The number of nitrogens with one attached hydrogen (secondary N) is 3. The summed E-state index contributed by atoms with van der Waals surface area (Å²) in [5, 5.41) is 6.48. The molecule has 1 aliphatic carbocycles. The second kappa shape index (κ2) is 11.3. The zero-order valence-corrected chi connectivity index (χ0v) is 21.4. The number of carbonyl (C=O) groups excluding carboxylic acids is 2. The average Bonchev–Trinajstić information content (AvgIpc) is 3.48. The summed E-state index contributed by atoms with van der Waals surface area (Å²) in [6.07, 6.45) is 6.58. The lowest BCUT2D eigenvalue weighted by atomic mass is 9.95. The summed E-state index contributed by atoms with van der Waals surface area (Å²) < 4.78 is 26.3. The Kier molecular flexibility index (Phi) is 8.16. The number of amides is 2. The van der Waals surface area contributed by atoms with Gasteiger partial charge in [-0.3, -0.25) is 10.1 Å². The second-order valence-corrected chi connectivity index (χ2v) is 12.2. The van der Waals surface area contributed by atoms with Gasteiger partial charge in [0, 0.05) is 17.7 Å². The van der Waals surface area contributed by atoms with Gasteiger partial charge in [-0.15, -0.1) is 0 Å². The van der Waals surface area contributed by atoms with Gasteiger partial charge in [-0.05, 0) is 37.1 Å². The monoisotopic (exact) mass is 531 g/mol. The summed E-state index contributed by atoms with van der Waals surface area (Å²) in [5.41, 5.74) is 1.42. The molecule has 3 N–H and O–H groups in total. The minimum absolute atomic E-state index is 0.00365. The largest absolute Gasteiger partial charge is 0.325 e. The number of sulfonamides is 1. The van der Waals surface area contributed by atoms with E-state index < -0.39 is 16.1 Å². The van der Waals surface area contributed by atoms with Crippen LogP contribution >= 0.6 is 23.1 Å². The van der Waals surface area contributed by atoms with Crippen molar-refractivity contribution in [1.29, 1.82) is 0 Å². The molecule has 2 amide bonds. The average molecular weight is 532 g/mol. The molecule has 1 fully saturated rings. The third-order valence-electron chi connectivity index (χ3n) is 5.39. The van der Waals surface area contributed by atoms with E-state index in [0.717, 1.165) is 31.9 Å². The maximum absolute atomic E-state index is 12.9. The minimum atomic E-state index is -3.43. The number of pyridine rings is 1. The Hall–Kier alpha value is -2.80. The van der Waals surface area contributed by atoms with Crippen LogP contribution in [-0.2, 0) is 16.6 Å². The third-order valence-corrected chi connectivity index (χ3v) is 8.23. The quantitative estimate of drug-likeness (QED) is 0.340. The summed E-state index contributed by atoms with van der Waals surface area (Å²) >= 11 is 2.54. The van der Waals surface area contributed by atoms with E-state index in [1.165, 1.54) is 23.1 Å². The van der Waals surface area contributed by atoms with E-state index in [9.17, 15) is 18.0 Å². The predicted octanol–water partition coefficient (Wildman–Crippen LogP) is 4.76. The standard InChI is InChI=1S/C23H25N5O4S3/c1-35(31,32)25-14-18-21(33-19-12-6-7-13-24-19)34-23(27-18)28-22(30)26-17-11-5-4-10-16(17)20(29)15-8-2-3-9-15/h4-7,10-13,15,25H,2-3,8-9,14H2,1H3,(H2,26,27,28,30). The molecule has 0 aliphatic heterocycles. The van der Waals surface area contributed by atoms with E-state index in [1.807, 2.05) is 12.1 Å². The first-order chi connectivity index (χ1) is 16.8. The molecule has 0 radical (unpaired) electrons. The van der Waals surface area contributed by atoms with Crippen LogP contribution in [0.5, 0.6) is 0 Å². The summed E-state index contributed by atoms with van der Waals surface area (Å²) in [4.78, 5) is 34.4. The number of para-hydroxylation sites is 1. The van der Waals surface area contributed by atoms with Crippen molar-refractivity contribution in [1.82, 2.24) is 14.7 Å².